The van der Waals surface area contributed by atoms with Gasteiger partial charge in [0.05, 0.1) is 12.2 Å². The number of amides is 3. The molecular weight excluding hydrogens is 387 g/mol. The van der Waals surface area contributed by atoms with E-state index in [0.29, 0.717) is 11.4 Å². The van der Waals surface area contributed by atoms with E-state index in [2.05, 4.69) is 5.10 Å². The average molecular weight is 404 g/mol. The highest BCUT2D eigenvalue weighted by Gasteiger charge is 2.23. The Balaban J connectivity index is 1.80. The Labute approximate surface area is 163 Å². The van der Waals surface area contributed by atoms with Gasteiger partial charge in [-0.1, -0.05) is 12.1 Å². The Bertz CT molecular complexity index is 1060. The molecule has 0 aliphatic heterocycles. The van der Waals surface area contributed by atoms with E-state index in [4.69, 9.17) is 10.5 Å². The number of nitrogens with two attached hydrogens (primary N) is 1. The van der Waals surface area contributed by atoms with Gasteiger partial charge in [0.1, 0.15) is 15.5 Å². The number of halogens is 1. The van der Waals surface area contributed by atoms with Gasteiger partial charge in [-0.15, -0.1) is 11.3 Å². The third-order valence-corrected chi connectivity index (χ3v) is 5.08. The molecule has 0 radical (unpaired) electrons. The first-order valence-corrected chi connectivity index (χ1v) is 9.09. The van der Waals surface area contributed by atoms with Gasteiger partial charge in [-0.25, -0.2) is 14.0 Å². The van der Waals surface area contributed by atoms with Crippen molar-refractivity contribution in [3.63, 3.8) is 0 Å². The molecule has 8 nitrogen and oxygen atoms in total. The summed E-state index contributed by atoms with van der Waals surface area (Å²) in [6, 6.07) is 6.70. The van der Waals surface area contributed by atoms with Crippen LogP contribution in [-0.2, 0) is 16.1 Å². The molecule has 0 fully saturated rings. The SMILES string of the molecule is Cc1nn(Cc2ccc(F)cc2)c2sc(C(=O)O[C@H](C)C(=O)NC(N)=O)cc12. The third kappa shape index (κ3) is 4.17. The van der Waals surface area contributed by atoms with E-state index in [0.717, 1.165) is 21.5 Å². The van der Waals surface area contributed by atoms with Crippen molar-refractivity contribution in [1.82, 2.24) is 15.1 Å². The standard InChI is InChI=1S/C18H17FN4O4S/c1-9-13-7-14(17(25)27-10(2)15(24)21-18(20)26)28-16(13)23(22-9)8-11-3-5-12(19)6-4-11/h3-7,10H,8H2,1-2H3,(H3,20,21,24,26)/t10-/m1/s1. The predicted octanol–water partition coefficient (Wildman–Crippen LogP) is 2.33. The fraction of sp³-hybridized carbons (Fsp3) is 0.222. The normalized spacial score (nSPS) is 12.0. The van der Waals surface area contributed by atoms with Gasteiger partial charge in [-0.3, -0.25) is 14.8 Å². The molecule has 0 aliphatic rings. The average Bonchev–Trinajstić information content (AvgIpc) is 3.18. The molecule has 28 heavy (non-hydrogen) atoms. The van der Waals surface area contributed by atoms with Gasteiger partial charge in [-0.2, -0.15) is 5.10 Å². The lowest BCUT2D eigenvalue weighted by atomic mass is 10.2. The van der Waals surface area contributed by atoms with E-state index in [9.17, 15) is 18.8 Å². The summed E-state index contributed by atoms with van der Waals surface area (Å²) < 4.78 is 19.9. The Morgan fingerprint density at radius 3 is 2.64 bits per heavy atom. The van der Waals surface area contributed by atoms with E-state index in [1.807, 2.05) is 12.2 Å². The maximum Gasteiger partial charge on any atom is 0.349 e. The van der Waals surface area contributed by atoms with E-state index in [1.165, 1.54) is 30.4 Å². The molecule has 2 aromatic heterocycles. The monoisotopic (exact) mass is 404 g/mol. The number of urea groups is 1. The maximum absolute atomic E-state index is 13.1. The Kier molecular flexibility index (Phi) is 5.41. The molecule has 3 aromatic rings. The van der Waals surface area contributed by atoms with Gasteiger partial charge in [0, 0.05) is 5.39 Å². The summed E-state index contributed by atoms with van der Waals surface area (Å²) in [6.45, 7) is 3.57. The van der Waals surface area contributed by atoms with Crippen LogP contribution < -0.4 is 11.1 Å². The molecule has 0 unspecified atom stereocenters. The zero-order chi connectivity index (χ0) is 20.4. The van der Waals surface area contributed by atoms with Crippen LogP contribution in [0, 0.1) is 12.7 Å². The first-order valence-electron chi connectivity index (χ1n) is 8.27. The van der Waals surface area contributed by atoms with Crippen molar-refractivity contribution >= 4 is 39.5 Å². The van der Waals surface area contributed by atoms with Gasteiger partial charge >= 0.3 is 12.0 Å². The van der Waals surface area contributed by atoms with Crippen molar-refractivity contribution in [3.05, 3.63) is 52.3 Å². The number of esters is 1. The van der Waals surface area contributed by atoms with Crippen LogP contribution >= 0.6 is 11.3 Å². The number of aryl methyl sites for hydroxylation is 1. The summed E-state index contributed by atoms with van der Waals surface area (Å²) in [5.74, 6) is -1.82. The van der Waals surface area contributed by atoms with Crippen LogP contribution in [0.4, 0.5) is 9.18 Å². The minimum atomic E-state index is -1.18. The van der Waals surface area contributed by atoms with Crippen LogP contribution in [0.5, 0.6) is 0 Å². The first-order chi connectivity index (χ1) is 13.2. The Hall–Kier alpha value is -3.27. The molecule has 1 aromatic carbocycles. The number of fused-ring (bicyclic) bond motifs is 1. The van der Waals surface area contributed by atoms with E-state index < -0.39 is 24.0 Å². The molecule has 10 heteroatoms. The van der Waals surface area contributed by atoms with Crippen molar-refractivity contribution in [3.8, 4) is 0 Å². The van der Waals surface area contributed by atoms with Crippen LogP contribution in [0.25, 0.3) is 10.2 Å². The molecule has 2 heterocycles. The molecule has 3 rings (SSSR count). The number of hydrogen-bond acceptors (Lipinski definition) is 6. The van der Waals surface area contributed by atoms with E-state index in [1.54, 1.807) is 22.9 Å². The zero-order valence-corrected chi connectivity index (χ0v) is 15.9. The molecule has 0 saturated carbocycles. The number of nitrogens with zero attached hydrogens (tertiary/aromatic N) is 2. The summed E-state index contributed by atoms with van der Waals surface area (Å²) in [7, 11) is 0. The Morgan fingerprint density at radius 1 is 1.32 bits per heavy atom. The van der Waals surface area contributed by atoms with Crippen molar-refractivity contribution in [2.75, 3.05) is 0 Å². The lowest BCUT2D eigenvalue weighted by Crippen LogP contribution is -2.42. The summed E-state index contributed by atoms with van der Waals surface area (Å²) in [6.07, 6.45) is -1.18. The third-order valence-electron chi connectivity index (χ3n) is 3.95. The fourth-order valence-corrected chi connectivity index (χ4v) is 3.62. The van der Waals surface area contributed by atoms with Crippen LogP contribution in [-0.4, -0.2) is 33.8 Å². The van der Waals surface area contributed by atoms with Crippen LogP contribution in [0.2, 0.25) is 0 Å². The molecular formula is C18H17FN4O4S. The van der Waals surface area contributed by atoms with Gasteiger partial charge in [0.25, 0.3) is 5.91 Å². The predicted molar refractivity (Wildman–Crippen MR) is 100 cm³/mol. The number of imide groups is 1. The van der Waals surface area contributed by atoms with Gasteiger partial charge < -0.3 is 10.5 Å². The second-order valence-corrected chi connectivity index (χ2v) is 7.13. The second kappa shape index (κ2) is 7.77. The Morgan fingerprint density at radius 2 is 2.00 bits per heavy atom. The molecule has 0 bridgehead atoms. The molecule has 3 N–H and O–H groups in total. The number of thiophene rings is 1. The lowest BCUT2D eigenvalue weighted by molar-refractivity contribution is -0.127. The highest BCUT2D eigenvalue weighted by atomic mass is 32.1. The lowest BCUT2D eigenvalue weighted by Gasteiger charge is -2.10. The van der Waals surface area contributed by atoms with Gasteiger partial charge in [0.2, 0.25) is 0 Å². The number of ether oxygens (including phenoxy) is 1. The molecule has 0 saturated heterocycles. The summed E-state index contributed by atoms with van der Waals surface area (Å²) in [5.41, 5.74) is 6.47. The van der Waals surface area contributed by atoms with Crippen LogP contribution in [0.1, 0.15) is 27.9 Å². The quantitative estimate of drug-likeness (QED) is 0.633. The smallest absolute Gasteiger partial charge is 0.349 e. The summed E-state index contributed by atoms with van der Waals surface area (Å²) in [5, 5.41) is 7.10. The van der Waals surface area contributed by atoms with Gasteiger partial charge in [-0.05, 0) is 37.6 Å². The number of nitrogens with one attached hydrogen (secondary N) is 1. The number of carbonyl (C=O) groups excluding carboxylic acids is 3. The first kappa shape index (κ1) is 19.5. The number of primary amides is 1. The number of benzene rings is 1. The minimum absolute atomic E-state index is 0.294. The zero-order valence-electron chi connectivity index (χ0n) is 15.1. The molecule has 146 valence electrons. The second-order valence-electron chi connectivity index (χ2n) is 6.10. The summed E-state index contributed by atoms with van der Waals surface area (Å²) in [4.78, 5) is 35.8. The van der Waals surface area contributed by atoms with Crippen molar-refractivity contribution in [1.29, 1.82) is 0 Å². The van der Waals surface area contributed by atoms with Crippen molar-refractivity contribution in [2.45, 2.75) is 26.5 Å². The van der Waals surface area contributed by atoms with Crippen LogP contribution in [0.15, 0.2) is 30.3 Å². The highest BCUT2D eigenvalue weighted by molar-refractivity contribution is 7.20. The molecule has 1 atom stereocenters. The van der Waals surface area contributed by atoms with Crippen LogP contribution in [0.3, 0.4) is 0 Å². The minimum Gasteiger partial charge on any atom is -0.448 e. The van der Waals surface area contributed by atoms with Gasteiger partial charge in [0.15, 0.2) is 6.10 Å². The van der Waals surface area contributed by atoms with Crippen molar-refractivity contribution in [2.24, 2.45) is 5.73 Å². The maximum atomic E-state index is 13.1. The number of hydrogen-bond donors (Lipinski definition) is 2. The fourth-order valence-electron chi connectivity index (χ4n) is 2.58. The largest absolute Gasteiger partial charge is 0.448 e. The van der Waals surface area contributed by atoms with E-state index in [-0.39, 0.29) is 5.82 Å². The number of carbonyl (C=O) groups is 3. The molecule has 0 aliphatic carbocycles. The summed E-state index contributed by atoms with van der Waals surface area (Å²) >= 11 is 1.17. The van der Waals surface area contributed by atoms with E-state index >= 15 is 0 Å². The number of rotatable bonds is 5. The topological polar surface area (TPSA) is 116 Å². The number of aromatic nitrogens is 2. The molecule has 3 amide bonds. The molecule has 0 spiro atoms. The van der Waals surface area contributed by atoms with Crippen molar-refractivity contribution < 1.29 is 23.5 Å². The highest BCUT2D eigenvalue weighted by Crippen LogP contribution is 2.29.